The molecule has 0 spiro atoms. The van der Waals surface area contributed by atoms with Crippen LogP contribution in [0.3, 0.4) is 0 Å². The molecule has 1 aromatic rings. The first-order chi connectivity index (χ1) is 9.29. The maximum atomic E-state index is 12.2. The van der Waals surface area contributed by atoms with Crippen LogP contribution in [0.5, 0.6) is 0 Å². The fourth-order valence-corrected chi connectivity index (χ4v) is 3.66. The predicted molar refractivity (Wildman–Crippen MR) is 84.5 cm³/mol. The lowest BCUT2D eigenvalue weighted by molar-refractivity contribution is 0.576. The number of rotatable bonds is 6. The van der Waals surface area contributed by atoms with Crippen molar-refractivity contribution in [3.8, 4) is 0 Å². The van der Waals surface area contributed by atoms with Gasteiger partial charge in [0.2, 0.25) is 10.0 Å². The Hall–Kier alpha value is -0.200. The Morgan fingerprint density at radius 2 is 1.80 bits per heavy atom. The molecule has 1 saturated carbocycles. The van der Waals surface area contributed by atoms with Gasteiger partial charge < -0.3 is 5.32 Å². The normalized spacial score (nSPS) is 17.0. The standard InChI is InChI=1S/C12H15Cl3N2O2S/c1-7(6-16-9-2-3-9)20(18,19)17-12-10(14)4-8(13)5-11(12)15/h4-5,7,9,16-17H,2-3,6H2,1H3. The molecule has 0 aromatic heterocycles. The van der Waals surface area contributed by atoms with Crippen LogP contribution in [0.4, 0.5) is 5.69 Å². The lowest BCUT2D eigenvalue weighted by Crippen LogP contribution is -2.35. The van der Waals surface area contributed by atoms with Gasteiger partial charge in [0, 0.05) is 17.6 Å². The molecular formula is C12H15Cl3N2O2S. The minimum absolute atomic E-state index is 0.163. The van der Waals surface area contributed by atoms with Gasteiger partial charge in [0.25, 0.3) is 0 Å². The molecule has 1 aliphatic carbocycles. The van der Waals surface area contributed by atoms with Gasteiger partial charge in [-0.3, -0.25) is 4.72 Å². The minimum atomic E-state index is -3.56. The van der Waals surface area contributed by atoms with Crippen molar-refractivity contribution in [3.05, 3.63) is 27.2 Å². The van der Waals surface area contributed by atoms with Crippen molar-refractivity contribution in [2.75, 3.05) is 11.3 Å². The van der Waals surface area contributed by atoms with Crippen LogP contribution in [0.25, 0.3) is 0 Å². The van der Waals surface area contributed by atoms with Crippen molar-refractivity contribution in [2.45, 2.75) is 31.1 Å². The summed E-state index contributed by atoms with van der Waals surface area (Å²) in [7, 11) is -3.56. The van der Waals surface area contributed by atoms with Gasteiger partial charge in [-0.05, 0) is 31.9 Å². The fraction of sp³-hybridized carbons (Fsp3) is 0.500. The van der Waals surface area contributed by atoms with Crippen LogP contribution >= 0.6 is 34.8 Å². The van der Waals surface area contributed by atoms with E-state index in [1.807, 2.05) is 0 Å². The third kappa shape index (κ3) is 4.15. The molecular weight excluding hydrogens is 343 g/mol. The van der Waals surface area contributed by atoms with Crippen molar-refractivity contribution in [1.82, 2.24) is 5.32 Å². The summed E-state index contributed by atoms with van der Waals surface area (Å²) in [6, 6.07) is 3.34. The van der Waals surface area contributed by atoms with E-state index >= 15 is 0 Å². The highest BCUT2D eigenvalue weighted by atomic mass is 35.5. The van der Waals surface area contributed by atoms with E-state index in [-0.39, 0.29) is 15.7 Å². The fourth-order valence-electron chi connectivity index (χ4n) is 1.61. The molecule has 0 heterocycles. The molecule has 0 aliphatic heterocycles. The van der Waals surface area contributed by atoms with Crippen LogP contribution < -0.4 is 10.0 Å². The topological polar surface area (TPSA) is 58.2 Å². The Morgan fingerprint density at radius 3 is 2.30 bits per heavy atom. The number of sulfonamides is 1. The number of nitrogens with one attached hydrogen (secondary N) is 2. The second-order valence-corrected chi connectivity index (χ2v) is 8.23. The molecule has 2 rings (SSSR count). The van der Waals surface area contributed by atoms with Crippen molar-refractivity contribution < 1.29 is 8.42 Å². The van der Waals surface area contributed by atoms with Crippen molar-refractivity contribution >= 4 is 50.5 Å². The maximum absolute atomic E-state index is 12.2. The highest BCUT2D eigenvalue weighted by Gasteiger charge is 2.26. The molecule has 4 nitrogen and oxygen atoms in total. The molecule has 20 heavy (non-hydrogen) atoms. The van der Waals surface area contributed by atoms with E-state index in [1.54, 1.807) is 6.92 Å². The number of hydrogen-bond donors (Lipinski definition) is 2. The molecule has 0 amide bonds. The van der Waals surface area contributed by atoms with Gasteiger partial charge in [-0.2, -0.15) is 0 Å². The van der Waals surface area contributed by atoms with Crippen molar-refractivity contribution in [1.29, 1.82) is 0 Å². The summed E-state index contributed by atoms with van der Waals surface area (Å²) >= 11 is 17.7. The Morgan fingerprint density at radius 1 is 1.25 bits per heavy atom. The molecule has 112 valence electrons. The quantitative estimate of drug-likeness (QED) is 0.819. The lowest BCUT2D eigenvalue weighted by atomic mass is 10.3. The number of hydrogen-bond acceptors (Lipinski definition) is 3. The Kier molecular flexibility index (Phi) is 5.08. The summed E-state index contributed by atoms with van der Waals surface area (Å²) in [5.41, 5.74) is 0.163. The molecule has 1 aliphatic rings. The summed E-state index contributed by atoms with van der Waals surface area (Å²) in [6.45, 7) is 2.03. The summed E-state index contributed by atoms with van der Waals surface area (Å²) in [5.74, 6) is 0. The molecule has 0 saturated heterocycles. The second-order valence-electron chi connectivity index (χ2n) is 4.88. The largest absolute Gasteiger partial charge is 0.313 e. The molecule has 0 radical (unpaired) electrons. The first-order valence-corrected chi connectivity index (χ1v) is 8.87. The first-order valence-electron chi connectivity index (χ1n) is 6.19. The van der Waals surface area contributed by atoms with Crippen LogP contribution in [0.1, 0.15) is 19.8 Å². The molecule has 0 bridgehead atoms. The van der Waals surface area contributed by atoms with Gasteiger partial charge in [0.1, 0.15) is 0 Å². The number of halogens is 3. The zero-order valence-corrected chi connectivity index (χ0v) is 13.9. The summed E-state index contributed by atoms with van der Waals surface area (Å²) in [5, 5.41) is 3.29. The summed E-state index contributed by atoms with van der Waals surface area (Å²) in [4.78, 5) is 0. The van der Waals surface area contributed by atoms with Crippen LogP contribution in [-0.4, -0.2) is 26.3 Å². The molecule has 8 heteroatoms. The van der Waals surface area contributed by atoms with Crippen LogP contribution in [0, 0.1) is 0 Å². The van der Waals surface area contributed by atoms with Crippen LogP contribution in [-0.2, 0) is 10.0 Å². The van der Waals surface area contributed by atoms with Gasteiger partial charge in [0.15, 0.2) is 0 Å². The third-order valence-electron chi connectivity index (χ3n) is 3.05. The van der Waals surface area contributed by atoms with Gasteiger partial charge >= 0.3 is 0 Å². The smallest absolute Gasteiger partial charge is 0.236 e. The first kappa shape index (κ1) is 16.2. The van der Waals surface area contributed by atoms with E-state index in [1.165, 1.54) is 12.1 Å². The summed E-state index contributed by atoms with van der Waals surface area (Å²) < 4.78 is 26.9. The third-order valence-corrected chi connectivity index (χ3v) is 5.58. The van der Waals surface area contributed by atoms with Crippen molar-refractivity contribution in [3.63, 3.8) is 0 Å². The van der Waals surface area contributed by atoms with E-state index in [0.717, 1.165) is 12.8 Å². The molecule has 1 atom stereocenters. The van der Waals surface area contributed by atoms with E-state index in [4.69, 9.17) is 34.8 Å². The average molecular weight is 358 g/mol. The Bertz CT molecular complexity index is 580. The molecule has 1 fully saturated rings. The highest BCUT2D eigenvalue weighted by molar-refractivity contribution is 7.93. The van der Waals surface area contributed by atoms with Crippen LogP contribution in [0.2, 0.25) is 15.1 Å². The monoisotopic (exact) mass is 356 g/mol. The Labute approximate surface area is 133 Å². The van der Waals surface area contributed by atoms with Gasteiger partial charge in [-0.25, -0.2) is 8.42 Å². The number of benzene rings is 1. The highest BCUT2D eigenvalue weighted by Crippen LogP contribution is 2.34. The second kappa shape index (κ2) is 6.28. The van der Waals surface area contributed by atoms with Crippen LogP contribution in [0.15, 0.2) is 12.1 Å². The zero-order valence-electron chi connectivity index (χ0n) is 10.8. The van der Waals surface area contributed by atoms with Gasteiger partial charge in [0.05, 0.1) is 21.0 Å². The lowest BCUT2D eigenvalue weighted by Gasteiger charge is -2.17. The number of anilines is 1. The van der Waals surface area contributed by atoms with E-state index in [0.29, 0.717) is 17.6 Å². The predicted octanol–water partition coefficient (Wildman–Crippen LogP) is 3.53. The van der Waals surface area contributed by atoms with E-state index < -0.39 is 15.3 Å². The van der Waals surface area contributed by atoms with Gasteiger partial charge in [-0.1, -0.05) is 34.8 Å². The van der Waals surface area contributed by atoms with Gasteiger partial charge in [-0.15, -0.1) is 0 Å². The van der Waals surface area contributed by atoms with E-state index in [9.17, 15) is 8.42 Å². The molecule has 1 aromatic carbocycles. The average Bonchev–Trinajstić information content (AvgIpc) is 3.14. The SMILES string of the molecule is CC(CNC1CC1)S(=O)(=O)Nc1c(Cl)cc(Cl)cc1Cl. The van der Waals surface area contributed by atoms with Crippen molar-refractivity contribution in [2.24, 2.45) is 0 Å². The molecule has 1 unspecified atom stereocenters. The zero-order chi connectivity index (χ0) is 14.9. The molecule has 2 N–H and O–H groups in total. The Balaban J connectivity index is 2.10. The maximum Gasteiger partial charge on any atom is 0.236 e. The summed E-state index contributed by atoms with van der Waals surface area (Å²) in [6.07, 6.45) is 2.21. The van der Waals surface area contributed by atoms with E-state index in [2.05, 4.69) is 10.0 Å². The minimum Gasteiger partial charge on any atom is -0.313 e.